The maximum Gasteiger partial charge on any atom is 0.333 e. The van der Waals surface area contributed by atoms with Gasteiger partial charge in [0.05, 0.1) is 0 Å². The third-order valence-corrected chi connectivity index (χ3v) is 2.54. The summed E-state index contributed by atoms with van der Waals surface area (Å²) in [5.41, 5.74) is 1.98. The van der Waals surface area contributed by atoms with E-state index in [0.29, 0.717) is 16.8 Å². The number of aromatic nitrogens is 2. The summed E-state index contributed by atoms with van der Waals surface area (Å²) < 4.78 is 25.3. The topological polar surface area (TPSA) is 42.5 Å². The number of hydrogen-bond donors (Lipinski definition) is 0. The number of hydrogen-bond acceptors (Lipinski definition) is 3. The maximum absolute atomic E-state index is 12.3. The van der Waals surface area contributed by atoms with Gasteiger partial charge >= 0.3 is 6.55 Å². The van der Waals surface area contributed by atoms with Crippen molar-refractivity contribution in [2.24, 2.45) is 9.98 Å². The minimum absolute atomic E-state index is 0.309. The Morgan fingerprint density at radius 1 is 1.33 bits per heavy atom. The van der Waals surface area contributed by atoms with E-state index in [0.717, 1.165) is 11.3 Å². The summed E-state index contributed by atoms with van der Waals surface area (Å²) in [4.78, 5) is 7.72. The number of alkyl halides is 2. The van der Waals surface area contributed by atoms with E-state index in [-0.39, 0.29) is 0 Å². The average molecular weight is 286 g/mol. The second kappa shape index (κ2) is 7.10. The first-order chi connectivity index (χ1) is 10.2. The van der Waals surface area contributed by atoms with Crippen LogP contribution in [-0.2, 0) is 0 Å². The average Bonchev–Trinajstić information content (AvgIpc) is 2.96. The highest BCUT2D eigenvalue weighted by Crippen LogP contribution is 2.10. The molecule has 1 aromatic rings. The SMILES string of the molecule is C=N/C=C\N=C1C=CC(C#Cc2ccn(C(F)F)n2)=CC1. The second-order valence-corrected chi connectivity index (χ2v) is 4.01. The molecule has 0 amide bonds. The van der Waals surface area contributed by atoms with Crippen LogP contribution in [0.25, 0.3) is 0 Å². The number of rotatable bonds is 3. The first kappa shape index (κ1) is 14.6. The van der Waals surface area contributed by atoms with Crippen LogP contribution in [0, 0.1) is 11.8 Å². The summed E-state index contributed by atoms with van der Waals surface area (Å²) in [5, 5.41) is 3.65. The fourth-order valence-corrected chi connectivity index (χ4v) is 1.55. The highest BCUT2D eigenvalue weighted by atomic mass is 19.3. The molecular weight excluding hydrogens is 274 g/mol. The Kier molecular flexibility index (Phi) is 4.94. The van der Waals surface area contributed by atoms with E-state index in [1.54, 1.807) is 6.20 Å². The third kappa shape index (κ3) is 4.35. The molecule has 0 saturated heterocycles. The van der Waals surface area contributed by atoms with Crippen molar-refractivity contribution in [2.75, 3.05) is 0 Å². The lowest BCUT2D eigenvalue weighted by Gasteiger charge is -2.01. The Morgan fingerprint density at radius 3 is 2.81 bits per heavy atom. The molecule has 0 unspecified atom stereocenters. The van der Waals surface area contributed by atoms with E-state index < -0.39 is 6.55 Å². The molecule has 0 saturated carbocycles. The van der Waals surface area contributed by atoms with Crippen molar-refractivity contribution >= 4 is 12.4 Å². The molecule has 0 atom stereocenters. The molecule has 0 aromatic carbocycles. The lowest BCUT2D eigenvalue weighted by Crippen LogP contribution is -1.98. The predicted molar refractivity (Wildman–Crippen MR) is 78.3 cm³/mol. The van der Waals surface area contributed by atoms with Gasteiger partial charge < -0.3 is 0 Å². The second-order valence-electron chi connectivity index (χ2n) is 4.01. The quantitative estimate of drug-likeness (QED) is 0.622. The minimum atomic E-state index is -2.65. The zero-order valence-corrected chi connectivity index (χ0v) is 11.1. The van der Waals surface area contributed by atoms with Crippen LogP contribution < -0.4 is 0 Å². The monoisotopic (exact) mass is 286 g/mol. The van der Waals surface area contributed by atoms with Crippen molar-refractivity contribution in [2.45, 2.75) is 13.0 Å². The van der Waals surface area contributed by atoms with Gasteiger partial charge in [-0.3, -0.25) is 9.98 Å². The summed E-state index contributed by atoms with van der Waals surface area (Å²) >= 11 is 0. The van der Waals surface area contributed by atoms with E-state index in [2.05, 4.69) is 33.6 Å². The van der Waals surface area contributed by atoms with E-state index in [1.165, 1.54) is 18.5 Å². The number of allylic oxidation sites excluding steroid dienone is 4. The van der Waals surface area contributed by atoms with Gasteiger partial charge in [-0.2, -0.15) is 13.9 Å². The fraction of sp³-hybridized carbons (Fsp3) is 0.133. The first-order valence-corrected chi connectivity index (χ1v) is 6.10. The van der Waals surface area contributed by atoms with Gasteiger partial charge in [-0.15, -0.1) is 0 Å². The Balaban J connectivity index is 2.01. The summed E-state index contributed by atoms with van der Waals surface area (Å²) in [6.07, 6.45) is 10.5. The molecule has 4 nitrogen and oxygen atoms in total. The van der Waals surface area contributed by atoms with Gasteiger partial charge in [0.1, 0.15) is 5.69 Å². The highest BCUT2D eigenvalue weighted by Gasteiger charge is 2.05. The molecule has 21 heavy (non-hydrogen) atoms. The summed E-state index contributed by atoms with van der Waals surface area (Å²) in [5.74, 6) is 5.62. The van der Waals surface area contributed by atoms with E-state index in [1.807, 2.05) is 18.2 Å². The van der Waals surface area contributed by atoms with Crippen LogP contribution in [0.15, 0.2) is 58.4 Å². The normalized spacial score (nSPS) is 16.1. The Morgan fingerprint density at radius 2 is 2.19 bits per heavy atom. The lowest BCUT2D eigenvalue weighted by molar-refractivity contribution is 0.0565. The summed E-state index contributed by atoms with van der Waals surface area (Å²) in [6.45, 7) is 0.665. The zero-order chi connectivity index (χ0) is 15.1. The molecule has 0 bridgehead atoms. The summed E-state index contributed by atoms with van der Waals surface area (Å²) in [6, 6.07) is 1.45. The summed E-state index contributed by atoms with van der Waals surface area (Å²) in [7, 11) is 0. The van der Waals surface area contributed by atoms with Gasteiger partial charge in [0.25, 0.3) is 0 Å². The lowest BCUT2D eigenvalue weighted by atomic mass is 10.1. The van der Waals surface area contributed by atoms with Crippen molar-refractivity contribution < 1.29 is 8.78 Å². The molecule has 1 aliphatic carbocycles. The first-order valence-electron chi connectivity index (χ1n) is 6.10. The Labute approximate surface area is 120 Å². The molecule has 6 heteroatoms. The predicted octanol–water partition coefficient (Wildman–Crippen LogP) is 3.13. The molecule has 0 aliphatic heterocycles. The fourth-order valence-electron chi connectivity index (χ4n) is 1.55. The van der Waals surface area contributed by atoms with Crippen LogP contribution in [0.3, 0.4) is 0 Å². The van der Waals surface area contributed by atoms with Crippen LogP contribution in [0.5, 0.6) is 0 Å². The third-order valence-electron chi connectivity index (χ3n) is 2.54. The smallest absolute Gasteiger partial charge is 0.271 e. The van der Waals surface area contributed by atoms with Crippen molar-refractivity contribution in [3.8, 4) is 11.8 Å². The zero-order valence-electron chi connectivity index (χ0n) is 11.1. The van der Waals surface area contributed by atoms with Gasteiger partial charge in [0, 0.05) is 36.3 Å². The molecule has 1 heterocycles. The standard InChI is InChI=1S/C15H12F2N4/c1-18-9-10-19-13-5-2-12(3-6-13)4-7-14-8-11-21(20-14)15(16)17/h2-3,5,8-11,15H,1,6H2/b10-9-,19-13?. The molecule has 0 N–H and O–H groups in total. The van der Waals surface area contributed by atoms with E-state index in [9.17, 15) is 8.78 Å². The van der Waals surface area contributed by atoms with Gasteiger partial charge in [-0.05, 0) is 30.9 Å². The van der Waals surface area contributed by atoms with Crippen LogP contribution in [0.4, 0.5) is 8.78 Å². The molecule has 1 aliphatic rings. The van der Waals surface area contributed by atoms with E-state index in [4.69, 9.17) is 0 Å². The van der Waals surface area contributed by atoms with Gasteiger partial charge in [-0.25, -0.2) is 4.68 Å². The van der Waals surface area contributed by atoms with Crippen molar-refractivity contribution in [3.63, 3.8) is 0 Å². The van der Waals surface area contributed by atoms with Gasteiger partial charge in [-0.1, -0.05) is 12.0 Å². The Hall–Kier alpha value is -2.81. The number of nitrogens with zero attached hydrogens (tertiary/aromatic N) is 4. The molecule has 2 rings (SSSR count). The van der Waals surface area contributed by atoms with Crippen LogP contribution >= 0.6 is 0 Å². The van der Waals surface area contributed by atoms with Crippen LogP contribution in [-0.4, -0.2) is 22.2 Å². The highest BCUT2D eigenvalue weighted by molar-refractivity contribution is 5.98. The molecule has 0 radical (unpaired) electrons. The molecule has 0 spiro atoms. The van der Waals surface area contributed by atoms with Crippen LogP contribution in [0.1, 0.15) is 18.7 Å². The largest absolute Gasteiger partial charge is 0.333 e. The molecule has 1 aromatic heterocycles. The van der Waals surface area contributed by atoms with Crippen LogP contribution in [0.2, 0.25) is 0 Å². The van der Waals surface area contributed by atoms with Gasteiger partial charge in [0.2, 0.25) is 0 Å². The maximum atomic E-state index is 12.3. The molecule has 0 fully saturated rings. The Bertz CT molecular complexity index is 697. The van der Waals surface area contributed by atoms with Crippen molar-refractivity contribution in [3.05, 3.63) is 54.2 Å². The van der Waals surface area contributed by atoms with E-state index >= 15 is 0 Å². The molecular formula is C15H12F2N4. The van der Waals surface area contributed by atoms with Crippen molar-refractivity contribution in [1.29, 1.82) is 0 Å². The number of halogens is 2. The number of aliphatic imine (C=N–C) groups is 2. The van der Waals surface area contributed by atoms with Gasteiger partial charge in [0.15, 0.2) is 0 Å². The minimum Gasteiger partial charge on any atom is -0.271 e. The van der Waals surface area contributed by atoms with Crippen molar-refractivity contribution in [1.82, 2.24) is 9.78 Å². The molecule has 106 valence electrons.